The molecule has 4 rings (SSSR count). The Morgan fingerprint density at radius 3 is 2.88 bits per heavy atom. The number of aryl methyl sites for hydroxylation is 2. The largest absolute Gasteiger partial charge is 0.459 e. The molecule has 1 saturated heterocycles. The van der Waals surface area contributed by atoms with Gasteiger partial charge in [-0.05, 0) is 13.0 Å². The third kappa shape index (κ3) is 3.09. The second-order valence-electron chi connectivity index (χ2n) is 6.89. The van der Waals surface area contributed by atoms with E-state index < -0.39 is 0 Å². The van der Waals surface area contributed by atoms with Crippen LogP contribution in [-0.2, 0) is 24.8 Å². The number of morpholine rings is 1. The zero-order valence-electron chi connectivity index (χ0n) is 14.8. The zero-order valence-corrected chi connectivity index (χ0v) is 14.8. The number of imidazole rings is 1. The van der Waals surface area contributed by atoms with Crippen molar-refractivity contribution in [1.82, 2.24) is 19.4 Å². The molecule has 2 aromatic heterocycles. The minimum atomic E-state index is -0.0444. The third-order valence-electron chi connectivity index (χ3n) is 5.23. The lowest BCUT2D eigenvalue weighted by atomic mass is 10.0. The molecule has 7 nitrogen and oxygen atoms in total. The molecule has 1 amide bonds. The molecule has 0 unspecified atom stereocenters. The fourth-order valence-electron chi connectivity index (χ4n) is 3.73. The van der Waals surface area contributed by atoms with Crippen molar-refractivity contribution in [3.05, 3.63) is 41.4 Å². The van der Waals surface area contributed by atoms with Crippen molar-refractivity contribution in [2.45, 2.75) is 25.9 Å². The van der Waals surface area contributed by atoms with Crippen molar-refractivity contribution in [2.75, 3.05) is 32.8 Å². The fourth-order valence-corrected chi connectivity index (χ4v) is 3.73. The number of rotatable bonds is 3. The van der Waals surface area contributed by atoms with Gasteiger partial charge in [0, 0.05) is 44.4 Å². The Kier molecular flexibility index (Phi) is 4.35. The Balaban J connectivity index is 1.61. The monoisotopic (exact) mass is 344 g/mol. The maximum absolute atomic E-state index is 13.1. The van der Waals surface area contributed by atoms with Crippen LogP contribution < -0.4 is 0 Å². The van der Waals surface area contributed by atoms with Gasteiger partial charge in [0.1, 0.15) is 0 Å². The van der Waals surface area contributed by atoms with E-state index in [4.69, 9.17) is 9.15 Å². The van der Waals surface area contributed by atoms with Crippen LogP contribution in [0.5, 0.6) is 0 Å². The van der Waals surface area contributed by atoms with Crippen molar-refractivity contribution in [3.8, 4) is 0 Å². The highest BCUT2D eigenvalue weighted by Crippen LogP contribution is 2.26. The number of carbonyl (C=O) groups excluding carboxylic acids is 1. The van der Waals surface area contributed by atoms with Crippen molar-refractivity contribution >= 4 is 5.91 Å². The molecule has 0 aliphatic carbocycles. The van der Waals surface area contributed by atoms with E-state index in [0.29, 0.717) is 12.3 Å². The third-order valence-corrected chi connectivity index (χ3v) is 5.23. The van der Waals surface area contributed by atoms with E-state index in [1.54, 1.807) is 6.26 Å². The molecule has 1 atom stereocenters. The fraction of sp³-hybridized carbons (Fsp3) is 0.556. The van der Waals surface area contributed by atoms with Crippen molar-refractivity contribution in [1.29, 1.82) is 0 Å². The Morgan fingerprint density at radius 2 is 2.16 bits per heavy atom. The highest BCUT2D eigenvalue weighted by Gasteiger charge is 2.35. The number of ether oxygens (including phenoxy) is 1. The van der Waals surface area contributed by atoms with E-state index in [2.05, 4.69) is 14.5 Å². The van der Waals surface area contributed by atoms with E-state index in [0.717, 1.165) is 50.5 Å². The van der Waals surface area contributed by atoms with Crippen LogP contribution in [0.3, 0.4) is 0 Å². The summed E-state index contributed by atoms with van der Waals surface area (Å²) in [6, 6.07) is 1.94. The number of hydrogen-bond donors (Lipinski definition) is 0. The molecular weight excluding hydrogens is 320 g/mol. The van der Waals surface area contributed by atoms with Crippen LogP contribution in [0.15, 0.2) is 23.1 Å². The molecule has 134 valence electrons. The summed E-state index contributed by atoms with van der Waals surface area (Å²) in [5, 5.41) is 0. The second-order valence-corrected chi connectivity index (χ2v) is 6.89. The topological polar surface area (TPSA) is 63.7 Å². The highest BCUT2D eigenvalue weighted by atomic mass is 16.5. The van der Waals surface area contributed by atoms with Crippen molar-refractivity contribution in [2.24, 2.45) is 7.05 Å². The quantitative estimate of drug-likeness (QED) is 0.838. The molecule has 0 spiro atoms. The smallest absolute Gasteiger partial charge is 0.290 e. The number of amides is 1. The summed E-state index contributed by atoms with van der Waals surface area (Å²) in [5.41, 5.74) is 3.08. The number of hydrogen-bond acceptors (Lipinski definition) is 5. The number of furan rings is 1. The van der Waals surface area contributed by atoms with Gasteiger partial charge in [-0.2, -0.15) is 0 Å². The number of nitrogens with zero attached hydrogens (tertiary/aromatic N) is 4. The van der Waals surface area contributed by atoms with Crippen molar-refractivity contribution < 1.29 is 13.9 Å². The molecule has 2 aliphatic heterocycles. The van der Waals surface area contributed by atoms with Crippen LogP contribution in [0, 0.1) is 6.92 Å². The molecule has 4 heterocycles. The minimum absolute atomic E-state index is 0.0444. The van der Waals surface area contributed by atoms with Gasteiger partial charge in [-0.25, -0.2) is 4.98 Å². The van der Waals surface area contributed by atoms with E-state index in [9.17, 15) is 4.79 Å². The van der Waals surface area contributed by atoms with Crippen LogP contribution in [0.25, 0.3) is 0 Å². The standard InChI is InChI=1S/C18H24N4O3/c1-13-3-6-25-17(13)18(23)22-11-15-16(20(2)12-19-15)9-14(22)10-21-4-7-24-8-5-21/h3,6,12,14H,4-5,7-11H2,1-2H3/t14-/m0/s1. The summed E-state index contributed by atoms with van der Waals surface area (Å²) in [6.07, 6.45) is 4.23. The van der Waals surface area contributed by atoms with Gasteiger partial charge < -0.3 is 18.6 Å². The second kappa shape index (κ2) is 6.65. The van der Waals surface area contributed by atoms with E-state index in [1.165, 1.54) is 5.69 Å². The first-order valence-electron chi connectivity index (χ1n) is 8.77. The lowest BCUT2D eigenvalue weighted by Gasteiger charge is -2.39. The van der Waals surface area contributed by atoms with Gasteiger partial charge in [0.2, 0.25) is 0 Å². The Morgan fingerprint density at radius 1 is 1.36 bits per heavy atom. The van der Waals surface area contributed by atoms with Gasteiger partial charge in [0.15, 0.2) is 5.76 Å². The van der Waals surface area contributed by atoms with Crippen LogP contribution in [0.1, 0.15) is 27.5 Å². The molecule has 0 N–H and O–H groups in total. The summed E-state index contributed by atoms with van der Waals surface area (Å²) in [4.78, 5) is 21.9. The van der Waals surface area contributed by atoms with Crippen molar-refractivity contribution in [3.63, 3.8) is 0 Å². The number of carbonyl (C=O) groups is 1. The lowest BCUT2D eigenvalue weighted by molar-refractivity contribution is 0.0180. The maximum atomic E-state index is 13.1. The first-order valence-corrected chi connectivity index (χ1v) is 8.77. The summed E-state index contributed by atoms with van der Waals surface area (Å²) in [6.45, 7) is 6.63. The van der Waals surface area contributed by atoms with Gasteiger partial charge in [-0.1, -0.05) is 0 Å². The molecule has 1 fully saturated rings. The van der Waals surface area contributed by atoms with Gasteiger partial charge >= 0.3 is 0 Å². The SMILES string of the molecule is Cc1ccoc1C(=O)N1Cc2ncn(C)c2C[C@H]1CN1CCOCC1. The average Bonchev–Trinajstić information content (AvgIpc) is 3.21. The molecule has 0 aromatic carbocycles. The molecule has 2 aliphatic rings. The molecule has 7 heteroatoms. The first-order chi connectivity index (χ1) is 12.1. The molecule has 2 aromatic rings. The average molecular weight is 344 g/mol. The summed E-state index contributed by atoms with van der Waals surface area (Å²) in [5.74, 6) is 0.392. The molecule has 0 saturated carbocycles. The predicted molar refractivity (Wildman–Crippen MR) is 91.3 cm³/mol. The van der Waals surface area contributed by atoms with Gasteiger partial charge in [0.25, 0.3) is 5.91 Å². The normalized spacial score (nSPS) is 21.4. The molecule has 0 radical (unpaired) electrons. The van der Waals surface area contributed by atoms with Crippen LogP contribution in [-0.4, -0.2) is 64.1 Å². The number of fused-ring (bicyclic) bond motifs is 1. The summed E-state index contributed by atoms with van der Waals surface area (Å²) in [7, 11) is 2.02. The Labute approximate surface area is 147 Å². The summed E-state index contributed by atoms with van der Waals surface area (Å²) >= 11 is 0. The molecule has 0 bridgehead atoms. The molecular formula is C18H24N4O3. The molecule has 25 heavy (non-hydrogen) atoms. The van der Waals surface area contributed by atoms with Crippen LogP contribution in [0.4, 0.5) is 0 Å². The summed E-state index contributed by atoms with van der Waals surface area (Å²) < 4.78 is 13.0. The van der Waals surface area contributed by atoms with E-state index in [-0.39, 0.29) is 11.9 Å². The van der Waals surface area contributed by atoms with Gasteiger partial charge in [0.05, 0.1) is 44.1 Å². The minimum Gasteiger partial charge on any atom is -0.459 e. The number of aromatic nitrogens is 2. The predicted octanol–water partition coefficient (Wildman–Crippen LogP) is 1.22. The Hall–Kier alpha value is -2.12. The van der Waals surface area contributed by atoms with E-state index in [1.807, 2.05) is 31.3 Å². The van der Waals surface area contributed by atoms with Crippen LogP contribution in [0.2, 0.25) is 0 Å². The van der Waals surface area contributed by atoms with Gasteiger partial charge in [-0.3, -0.25) is 9.69 Å². The van der Waals surface area contributed by atoms with Crippen LogP contribution >= 0.6 is 0 Å². The Bertz CT molecular complexity index is 760. The zero-order chi connectivity index (χ0) is 17.4. The maximum Gasteiger partial charge on any atom is 0.290 e. The lowest BCUT2D eigenvalue weighted by Crippen LogP contribution is -2.52. The first kappa shape index (κ1) is 16.4. The van der Waals surface area contributed by atoms with E-state index >= 15 is 0 Å². The highest BCUT2D eigenvalue weighted by molar-refractivity contribution is 5.93. The van der Waals surface area contributed by atoms with Gasteiger partial charge in [-0.15, -0.1) is 0 Å².